The number of aryl methyl sites for hydroxylation is 1. The van der Waals surface area contributed by atoms with E-state index in [1.165, 1.54) is 36.2 Å². The van der Waals surface area contributed by atoms with Crippen LogP contribution in [0.15, 0.2) is 29.6 Å². The molecule has 1 N–H and O–H groups in total. The highest BCUT2D eigenvalue weighted by atomic mass is 35.5. The third-order valence-corrected chi connectivity index (χ3v) is 5.78. The summed E-state index contributed by atoms with van der Waals surface area (Å²) in [5.41, 5.74) is 4.98. The molecule has 2 heterocycles. The maximum absolute atomic E-state index is 12.3. The van der Waals surface area contributed by atoms with Gasteiger partial charge in [-0.05, 0) is 56.5 Å². The van der Waals surface area contributed by atoms with E-state index in [-0.39, 0.29) is 12.3 Å². The van der Waals surface area contributed by atoms with E-state index in [2.05, 4.69) is 36.2 Å². The van der Waals surface area contributed by atoms with E-state index in [0.29, 0.717) is 5.02 Å². The number of nitrogens with zero attached hydrogens (tertiary/aromatic N) is 3. The summed E-state index contributed by atoms with van der Waals surface area (Å²) in [5, 5.41) is 10.9. The van der Waals surface area contributed by atoms with Gasteiger partial charge in [-0.2, -0.15) is 5.10 Å². The first-order valence-corrected chi connectivity index (χ1v) is 10.8. The number of thiazole rings is 1. The van der Waals surface area contributed by atoms with E-state index in [1.807, 2.05) is 10.1 Å². The molecule has 0 unspecified atom stereocenters. The Morgan fingerprint density at radius 1 is 1.21 bits per heavy atom. The van der Waals surface area contributed by atoms with Gasteiger partial charge in [-0.3, -0.25) is 4.79 Å². The number of carbonyl (C=O) groups is 1. The van der Waals surface area contributed by atoms with Gasteiger partial charge in [0.1, 0.15) is 0 Å². The molecular weight excluding hydrogens is 392 g/mol. The Morgan fingerprint density at radius 3 is 2.68 bits per heavy atom. The minimum Gasteiger partial charge on any atom is -0.326 e. The second-order valence-electron chi connectivity index (χ2n) is 6.87. The van der Waals surface area contributed by atoms with E-state index in [4.69, 9.17) is 11.6 Å². The normalized spacial score (nSPS) is 11.0. The van der Waals surface area contributed by atoms with Crippen LogP contribution in [0.3, 0.4) is 0 Å². The summed E-state index contributed by atoms with van der Waals surface area (Å²) in [5.74, 6) is -0.104. The molecule has 1 aromatic carbocycles. The molecule has 148 valence electrons. The third kappa shape index (κ3) is 5.00. The van der Waals surface area contributed by atoms with Crippen molar-refractivity contribution in [3.05, 3.63) is 57.3 Å². The highest BCUT2D eigenvalue weighted by Gasteiger charge is 2.16. The first-order chi connectivity index (χ1) is 13.5. The van der Waals surface area contributed by atoms with Crippen molar-refractivity contribution in [2.24, 2.45) is 0 Å². The van der Waals surface area contributed by atoms with Gasteiger partial charge in [0.05, 0.1) is 17.8 Å². The Balaban J connectivity index is 1.67. The van der Waals surface area contributed by atoms with Gasteiger partial charge in [-0.25, -0.2) is 9.67 Å². The van der Waals surface area contributed by atoms with Crippen molar-refractivity contribution in [3.8, 4) is 5.13 Å². The van der Waals surface area contributed by atoms with Crippen LogP contribution in [0.1, 0.15) is 48.8 Å². The molecule has 0 fully saturated rings. The molecule has 0 radical (unpaired) electrons. The first-order valence-electron chi connectivity index (χ1n) is 9.53. The van der Waals surface area contributed by atoms with E-state index < -0.39 is 0 Å². The number of hydrogen-bond donors (Lipinski definition) is 1. The molecule has 5 nitrogen and oxygen atoms in total. The molecule has 28 heavy (non-hydrogen) atoms. The van der Waals surface area contributed by atoms with Crippen LogP contribution in [0.5, 0.6) is 0 Å². The number of halogens is 1. The minimum atomic E-state index is -0.104. The van der Waals surface area contributed by atoms with Crippen LogP contribution in [-0.4, -0.2) is 20.7 Å². The second kappa shape index (κ2) is 9.34. The molecule has 0 atom stereocenters. The number of rotatable bonds is 8. The molecule has 1 amide bonds. The van der Waals surface area contributed by atoms with Crippen LogP contribution >= 0.6 is 22.9 Å². The average Bonchev–Trinajstić information content (AvgIpc) is 3.22. The fraction of sp³-hybridized carbons (Fsp3) is 0.381. The van der Waals surface area contributed by atoms with E-state index >= 15 is 0 Å². The van der Waals surface area contributed by atoms with Crippen LogP contribution in [0.2, 0.25) is 5.02 Å². The highest BCUT2D eigenvalue weighted by molar-refractivity contribution is 7.12. The summed E-state index contributed by atoms with van der Waals surface area (Å²) in [6.45, 7) is 6.36. The van der Waals surface area contributed by atoms with Crippen molar-refractivity contribution in [2.45, 2.75) is 52.9 Å². The zero-order chi connectivity index (χ0) is 20.1. The number of benzene rings is 1. The Labute approximate surface area is 174 Å². The molecule has 0 aliphatic carbocycles. The summed E-state index contributed by atoms with van der Waals surface area (Å²) >= 11 is 7.38. The second-order valence-corrected chi connectivity index (χ2v) is 8.14. The van der Waals surface area contributed by atoms with Crippen molar-refractivity contribution in [1.82, 2.24) is 14.8 Å². The minimum absolute atomic E-state index is 0.104. The fourth-order valence-corrected chi connectivity index (χ4v) is 4.10. The first kappa shape index (κ1) is 20.6. The van der Waals surface area contributed by atoms with Gasteiger partial charge >= 0.3 is 0 Å². The lowest BCUT2D eigenvalue weighted by atomic mass is 10.1. The molecule has 2 aromatic heterocycles. The van der Waals surface area contributed by atoms with Crippen LogP contribution in [0.25, 0.3) is 5.13 Å². The van der Waals surface area contributed by atoms with Gasteiger partial charge in [-0.15, -0.1) is 11.3 Å². The number of unbranched alkanes of at least 4 members (excludes halogenated alkanes) is 2. The van der Waals surface area contributed by atoms with Gasteiger partial charge in [0.2, 0.25) is 11.0 Å². The zero-order valence-corrected chi connectivity index (χ0v) is 18.0. The number of aromatic nitrogens is 3. The Hall–Kier alpha value is -2.18. The van der Waals surface area contributed by atoms with Gasteiger partial charge < -0.3 is 5.32 Å². The number of hydrogen-bond acceptors (Lipinski definition) is 4. The average molecular weight is 417 g/mol. The predicted molar refractivity (Wildman–Crippen MR) is 116 cm³/mol. The van der Waals surface area contributed by atoms with Crippen molar-refractivity contribution in [1.29, 1.82) is 0 Å². The van der Waals surface area contributed by atoms with Crippen LogP contribution in [0, 0.1) is 13.8 Å². The lowest BCUT2D eigenvalue weighted by molar-refractivity contribution is -0.115. The molecule has 3 aromatic rings. The summed E-state index contributed by atoms with van der Waals surface area (Å²) in [4.78, 5) is 16.9. The summed E-state index contributed by atoms with van der Waals surface area (Å²) in [6.07, 6.45) is 4.89. The number of amides is 1. The largest absolute Gasteiger partial charge is 0.326 e. The number of nitrogens with one attached hydrogen (secondary N) is 1. The van der Waals surface area contributed by atoms with E-state index in [9.17, 15) is 4.79 Å². The van der Waals surface area contributed by atoms with Crippen LogP contribution < -0.4 is 5.32 Å². The summed E-state index contributed by atoms with van der Waals surface area (Å²) < 4.78 is 1.90. The molecular formula is C21H25ClN4OS. The quantitative estimate of drug-likeness (QED) is 0.492. The van der Waals surface area contributed by atoms with Gasteiger partial charge in [0, 0.05) is 21.8 Å². The van der Waals surface area contributed by atoms with E-state index in [0.717, 1.165) is 34.3 Å². The van der Waals surface area contributed by atoms with Crippen LogP contribution in [0.4, 0.5) is 5.69 Å². The Kier molecular flexibility index (Phi) is 6.86. The molecule has 7 heteroatoms. The fourth-order valence-electron chi connectivity index (χ4n) is 3.15. The maximum atomic E-state index is 12.3. The lowest BCUT2D eigenvalue weighted by Gasteiger charge is -2.04. The highest BCUT2D eigenvalue weighted by Crippen LogP contribution is 2.23. The van der Waals surface area contributed by atoms with Crippen LogP contribution in [-0.2, 0) is 17.6 Å². The topological polar surface area (TPSA) is 59.8 Å². The van der Waals surface area contributed by atoms with Gasteiger partial charge in [0.15, 0.2) is 0 Å². The van der Waals surface area contributed by atoms with Crippen molar-refractivity contribution >= 4 is 34.5 Å². The third-order valence-electron chi connectivity index (χ3n) is 4.66. The molecule has 0 saturated heterocycles. The summed E-state index contributed by atoms with van der Waals surface area (Å²) in [6, 6.07) is 7.06. The maximum Gasteiger partial charge on any atom is 0.230 e. The zero-order valence-electron chi connectivity index (χ0n) is 16.5. The lowest BCUT2D eigenvalue weighted by Crippen LogP contribution is -2.14. The van der Waals surface area contributed by atoms with Crippen molar-refractivity contribution in [3.63, 3.8) is 0 Å². The monoisotopic (exact) mass is 416 g/mol. The molecule has 0 aliphatic heterocycles. The SMILES string of the molecule is CCCCCc1c(C)nn(-c2nc(CC(=O)Nc3ccc(Cl)cc3)cs2)c1C. The number of anilines is 1. The van der Waals surface area contributed by atoms with E-state index in [1.54, 1.807) is 24.3 Å². The molecule has 0 spiro atoms. The molecule has 0 bridgehead atoms. The standard InChI is InChI=1S/C21H25ClN4OS/c1-4-5-6-7-19-14(2)25-26(15(19)3)21-24-18(13-28-21)12-20(27)23-17-10-8-16(22)9-11-17/h8-11,13H,4-7,12H2,1-3H3,(H,23,27). The summed E-state index contributed by atoms with van der Waals surface area (Å²) in [7, 11) is 0. The van der Waals surface area contributed by atoms with Crippen molar-refractivity contribution < 1.29 is 4.79 Å². The van der Waals surface area contributed by atoms with Gasteiger partial charge in [0.25, 0.3) is 0 Å². The smallest absolute Gasteiger partial charge is 0.230 e. The molecule has 3 rings (SSSR count). The number of carbonyl (C=O) groups excluding carboxylic acids is 1. The predicted octanol–water partition coefficient (Wildman–Crippen LogP) is 5.51. The molecule has 0 aliphatic rings. The Morgan fingerprint density at radius 2 is 1.96 bits per heavy atom. The van der Waals surface area contributed by atoms with Crippen molar-refractivity contribution in [2.75, 3.05) is 5.32 Å². The molecule has 0 saturated carbocycles. The Bertz CT molecular complexity index is 946. The van der Waals surface area contributed by atoms with Gasteiger partial charge in [-0.1, -0.05) is 31.4 Å².